The summed E-state index contributed by atoms with van der Waals surface area (Å²) >= 11 is 0. The molecule has 33 heavy (non-hydrogen) atoms. The highest BCUT2D eigenvalue weighted by Gasteiger charge is 2.17. The first-order valence-electron chi connectivity index (χ1n) is 10.5. The number of aryl methyl sites for hydroxylation is 2. The Kier molecular flexibility index (Phi) is 6.08. The number of fused-ring (bicyclic) bond motifs is 1. The number of pyridine rings is 1. The second-order valence-corrected chi connectivity index (χ2v) is 7.85. The highest BCUT2D eigenvalue weighted by atomic mass is 16.5. The lowest BCUT2D eigenvalue weighted by atomic mass is 10.1. The lowest BCUT2D eigenvalue weighted by Gasteiger charge is -2.14. The standard InChI is InChI=1S/C25H24N4O4/c1-16-6-11-21(17(2)13-16)27-22(30)15-28-23-20(5-4-12-26-23)24(31)29(25(28)32)14-18-7-9-19(33-3)10-8-18/h4-13H,14-15H2,1-3H3,(H,27,30). The van der Waals surface area contributed by atoms with Gasteiger partial charge in [-0.25, -0.2) is 9.78 Å². The minimum absolute atomic E-state index is 0.0607. The van der Waals surface area contributed by atoms with E-state index in [2.05, 4.69) is 10.3 Å². The molecule has 2 heterocycles. The van der Waals surface area contributed by atoms with Crippen molar-refractivity contribution in [2.75, 3.05) is 12.4 Å². The van der Waals surface area contributed by atoms with Crippen molar-refractivity contribution in [3.63, 3.8) is 0 Å². The molecule has 0 atom stereocenters. The van der Waals surface area contributed by atoms with Crippen LogP contribution in [0.2, 0.25) is 0 Å². The second-order valence-electron chi connectivity index (χ2n) is 7.85. The van der Waals surface area contributed by atoms with Crippen LogP contribution in [0.15, 0.2) is 70.4 Å². The van der Waals surface area contributed by atoms with Gasteiger partial charge < -0.3 is 10.1 Å². The number of aromatic nitrogens is 3. The number of hydrogen-bond donors (Lipinski definition) is 1. The first kappa shape index (κ1) is 22.0. The number of methoxy groups -OCH3 is 1. The molecule has 0 bridgehead atoms. The topological polar surface area (TPSA) is 95.2 Å². The van der Waals surface area contributed by atoms with Gasteiger partial charge in [-0.3, -0.25) is 18.7 Å². The summed E-state index contributed by atoms with van der Waals surface area (Å²) in [5.41, 5.74) is 2.55. The molecule has 0 aliphatic heterocycles. The highest BCUT2D eigenvalue weighted by molar-refractivity contribution is 5.92. The van der Waals surface area contributed by atoms with Crippen molar-refractivity contribution < 1.29 is 9.53 Å². The van der Waals surface area contributed by atoms with E-state index in [1.807, 2.05) is 32.0 Å². The predicted molar refractivity (Wildman–Crippen MR) is 127 cm³/mol. The van der Waals surface area contributed by atoms with E-state index < -0.39 is 11.2 Å². The molecule has 0 spiro atoms. The third-order valence-corrected chi connectivity index (χ3v) is 5.44. The number of nitrogens with one attached hydrogen (secondary N) is 1. The maximum atomic E-state index is 13.3. The van der Waals surface area contributed by atoms with Crippen LogP contribution in [0.1, 0.15) is 16.7 Å². The summed E-state index contributed by atoms with van der Waals surface area (Å²) in [4.78, 5) is 43.4. The van der Waals surface area contributed by atoms with E-state index in [1.54, 1.807) is 43.5 Å². The molecule has 0 saturated carbocycles. The van der Waals surface area contributed by atoms with Crippen molar-refractivity contribution in [1.29, 1.82) is 0 Å². The van der Waals surface area contributed by atoms with Crippen molar-refractivity contribution in [2.45, 2.75) is 26.9 Å². The van der Waals surface area contributed by atoms with E-state index in [0.717, 1.165) is 21.3 Å². The fourth-order valence-electron chi connectivity index (χ4n) is 3.73. The molecule has 0 fully saturated rings. The minimum Gasteiger partial charge on any atom is -0.497 e. The van der Waals surface area contributed by atoms with Crippen LogP contribution in [0, 0.1) is 13.8 Å². The van der Waals surface area contributed by atoms with Crippen molar-refractivity contribution >= 4 is 22.6 Å². The average molecular weight is 444 g/mol. The van der Waals surface area contributed by atoms with Gasteiger partial charge in [0.2, 0.25) is 5.91 Å². The van der Waals surface area contributed by atoms with Crippen LogP contribution in [0.4, 0.5) is 5.69 Å². The van der Waals surface area contributed by atoms with E-state index in [4.69, 9.17) is 4.74 Å². The molecule has 1 amide bonds. The van der Waals surface area contributed by atoms with E-state index in [0.29, 0.717) is 11.4 Å². The van der Waals surface area contributed by atoms with Crippen LogP contribution in [-0.4, -0.2) is 27.1 Å². The molecule has 8 heteroatoms. The largest absolute Gasteiger partial charge is 0.497 e. The van der Waals surface area contributed by atoms with E-state index in [9.17, 15) is 14.4 Å². The zero-order chi connectivity index (χ0) is 23.5. The predicted octanol–water partition coefficient (Wildman–Crippen LogP) is 2.87. The molecule has 1 N–H and O–H groups in total. The van der Waals surface area contributed by atoms with Crippen molar-refractivity contribution in [3.8, 4) is 5.75 Å². The Balaban J connectivity index is 1.73. The van der Waals surface area contributed by atoms with Gasteiger partial charge in [-0.05, 0) is 55.3 Å². The molecule has 4 aromatic rings. The molecule has 0 unspecified atom stereocenters. The number of hydrogen-bond acceptors (Lipinski definition) is 5. The van der Waals surface area contributed by atoms with Gasteiger partial charge in [-0.2, -0.15) is 0 Å². The van der Waals surface area contributed by atoms with Gasteiger partial charge in [-0.1, -0.05) is 29.8 Å². The molecular formula is C25H24N4O4. The number of rotatable bonds is 6. The Morgan fingerprint density at radius 3 is 2.48 bits per heavy atom. The number of benzene rings is 2. The SMILES string of the molecule is COc1ccc(Cn2c(=O)c3cccnc3n(CC(=O)Nc3ccc(C)cc3C)c2=O)cc1. The van der Waals surface area contributed by atoms with Gasteiger partial charge in [0, 0.05) is 11.9 Å². The molecule has 0 radical (unpaired) electrons. The van der Waals surface area contributed by atoms with Gasteiger partial charge in [0.15, 0.2) is 0 Å². The van der Waals surface area contributed by atoms with Crippen molar-refractivity contribution in [2.24, 2.45) is 0 Å². The monoisotopic (exact) mass is 444 g/mol. The summed E-state index contributed by atoms with van der Waals surface area (Å²) in [5, 5.41) is 3.12. The summed E-state index contributed by atoms with van der Waals surface area (Å²) in [6.45, 7) is 3.66. The number of amides is 1. The molecule has 0 aliphatic rings. The molecular weight excluding hydrogens is 420 g/mol. The van der Waals surface area contributed by atoms with Gasteiger partial charge >= 0.3 is 5.69 Å². The Labute approximate surface area is 190 Å². The normalized spacial score (nSPS) is 10.9. The third-order valence-electron chi connectivity index (χ3n) is 5.44. The number of nitrogens with zero attached hydrogens (tertiary/aromatic N) is 3. The lowest BCUT2D eigenvalue weighted by Crippen LogP contribution is -2.42. The van der Waals surface area contributed by atoms with Crippen LogP contribution in [0.5, 0.6) is 5.75 Å². The van der Waals surface area contributed by atoms with Crippen LogP contribution in [-0.2, 0) is 17.9 Å². The Bertz CT molecular complexity index is 1450. The molecule has 4 rings (SSSR count). The summed E-state index contributed by atoms with van der Waals surface area (Å²) in [6.07, 6.45) is 1.49. The minimum atomic E-state index is -0.599. The molecule has 168 valence electrons. The molecule has 8 nitrogen and oxygen atoms in total. The quantitative estimate of drug-likeness (QED) is 0.493. The zero-order valence-electron chi connectivity index (χ0n) is 18.7. The van der Waals surface area contributed by atoms with Crippen LogP contribution < -0.4 is 21.3 Å². The van der Waals surface area contributed by atoms with Crippen molar-refractivity contribution in [3.05, 3.63) is 98.3 Å². The van der Waals surface area contributed by atoms with E-state index >= 15 is 0 Å². The van der Waals surface area contributed by atoms with Crippen molar-refractivity contribution in [1.82, 2.24) is 14.1 Å². The smallest absolute Gasteiger partial charge is 0.333 e. The molecule has 0 saturated heterocycles. The first-order chi connectivity index (χ1) is 15.9. The maximum Gasteiger partial charge on any atom is 0.333 e. The molecule has 2 aromatic heterocycles. The van der Waals surface area contributed by atoms with Gasteiger partial charge in [0.1, 0.15) is 17.9 Å². The van der Waals surface area contributed by atoms with E-state index in [1.165, 1.54) is 10.8 Å². The first-order valence-corrected chi connectivity index (χ1v) is 10.5. The van der Waals surface area contributed by atoms with Crippen LogP contribution in [0.25, 0.3) is 11.0 Å². The van der Waals surface area contributed by atoms with Gasteiger partial charge in [0.25, 0.3) is 5.56 Å². The molecule has 2 aromatic carbocycles. The Morgan fingerprint density at radius 2 is 1.79 bits per heavy atom. The van der Waals surface area contributed by atoms with Gasteiger partial charge in [0.05, 0.1) is 19.0 Å². The van der Waals surface area contributed by atoms with Crippen LogP contribution in [0.3, 0.4) is 0 Å². The summed E-state index contributed by atoms with van der Waals surface area (Å²) in [5.74, 6) is 0.292. The summed E-state index contributed by atoms with van der Waals surface area (Å²) in [6, 6.07) is 16.0. The second kappa shape index (κ2) is 9.12. The Morgan fingerprint density at radius 1 is 1.03 bits per heavy atom. The van der Waals surface area contributed by atoms with Gasteiger partial charge in [-0.15, -0.1) is 0 Å². The number of ether oxygens (including phenoxy) is 1. The maximum absolute atomic E-state index is 13.3. The zero-order valence-corrected chi connectivity index (χ0v) is 18.7. The summed E-state index contributed by atoms with van der Waals surface area (Å²) < 4.78 is 7.52. The molecule has 0 aliphatic carbocycles. The fourth-order valence-corrected chi connectivity index (χ4v) is 3.73. The fraction of sp³-hybridized carbons (Fsp3) is 0.200. The third kappa shape index (κ3) is 4.55. The number of anilines is 1. The Hall–Kier alpha value is -4.20. The van der Waals surface area contributed by atoms with Crippen LogP contribution >= 0.6 is 0 Å². The van der Waals surface area contributed by atoms with E-state index in [-0.39, 0.29) is 30.0 Å². The highest BCUT2D eigenvalue weighted by Crippen LogP contribution is 2.16. The lowest BCUT2D eigenvalue weighted by molar-refractivity contribution is -0.116. The number of carbonyl (C=O) groups is 1. The average Bonchev–Trinajstić information content (AvgIpc) is 2.81. The number of carbonyl (C=O) groups excluding carboxylic acids is 1. The summed E-state index contributed by atoms with van der Waals surface area (Å²) in [7, 11) is 1.57.